The Hall–Kier alpha value is -2.45. The predicted octanol–water partition coefficient (Wildman–Crippen LogP) is 3.68. The van der Waals surface area contributed by atoms with Gasteiger partial charge in [-0.15, -0.1) is 0 Å². The highest BCUT2D eigenvalue weighted by atomic mass is 19.4. The summed E-state index contributed by atoms with van der Waals surface area (Å²) < 4.78 is 46.0. The molecule has 142 valence electrons. The van der Waals surface area contributed by atoms with Crippen molar-refractivity contribution in [2.45, 2.75) is 31.6 Å². The number of hydrogen-bond donors (Lipinski definition) is 1. The average molecular weight is 376 g/mol. The number of ether oxygens (including phenoxy) is 1. The number of hydrogen-bond acceptors (Lipinski definition) is 4. The van der Waals surface area contributed by atoms with Gasteiger partial charge in [-0.25, -0.2) is 9.50 Å². The molecule has 0 saturated carbocycles. The molecule has 1 N–H and O–H groups in total. The van der Waals surface area contributed by atoms with Crippen molar-refractivity contribution < 1.29 is 17.9 Å². The number of halogens is 3. The molecule has 0 unspecified atom stereocenters. The summed E-state index contributed by atoms with van der Waals surface area (Å²) in [5.74, 6) is 0. The Bertz CT molecular complexity index is 932. The molecule has 0 bridgehead atoms. The Morgan fingerprint density at radius 2 is 2.00 bits per heavy atom. The first kappa shape index (κ1) is 17.9. The SMILES string of the molecule is FC(F)(F)c1cccc(-c2cnn3ccc(CNC4CCOCC4)nc23)c1. The van der Waals surface area contributed by atoms with Gasteiger partial charge >= 0.3 is 6.18 Å². The molecule has 5 nitrogen and oxygen atoms in total. The summed E-state index contributed by atoms with van der Waals surface area (Å²) >= 11 is 0. The Labute approximate surface area is 154 Å². The van der Waals surface area contributed by atoms with E-state index in [-0.39, 0.29) is 0 Å². The van der Waals surface area contributed by atoms with E-state index in [1.165, 1.54) is 6.07 Å². The largest absolute Gasteiger partial charge is 0.416 e. The van der Waals surface area contributed by atoms with Crippen LogP contribution in [-0.2, 0) is 17.5 Å². The standard InChI is InChI=1S/C19H19F3N4O/c20-19(21,22)14-3-1-2-13(10-14)17-12-24-26-7-4-16(25-18(17)26)11-23-15-5-8-27-9-6-15/h1-4,7,10,12,15,23H,5-6,8-9,11H2. The van der Waals surface area contributed by atoms with Crippen molar-refractivity contribution in [1.29, 1.82) is 0 Å². The summed E-state index contributed by atoms with van der Waals surface area (Å²) in [4.78, 5) is 4.61. The van der Waals surface area contributed by atoms with Crippen LogP contribution in [-0.4, -0.2) is 33.9 Å². The normalized spacial score (nSPS) is 16.1. The summed E-state index contributed by atoms with van der Waals surface area (Å²) in [7, 11) is 0. The molecule has 8 heteroatoms. The zero-order valence-corrected chi connectivity index (χ0v) is 14.5. The Balaban J connectivity index is 1.60. The van der Waals surface area contributed by atoms with Gasteiger partial charge in [0.1, 0.15) is 0 Å². The van der Waals surface area contributed by atoms with E-state index in [0.29, 0.717) is 29.4 Å². The highest BCUT2D eigenvalue weighted by Crippen LogP contribution is 2.33. The molecular weight excluding hydrogens is 357 g/mol. The highest BCUT2D eigenvalue weighted by Gasteiger charge is 2.30. The molecule has 1 aliphatic rings. The fourth-order valence-corrected chi connectivity index (χ4v) is 3.22. The Morgan fingerprint density at radius 1 is 1.19 bits per heavy atom. The van der Waals surface area contributed by atoms with E-state index >= 15 is 0 Å². The van der Waals surface area contributed by atoms with Crippen molar-refractivity contribution in [2.24, 2.45) is 0 Å². The molecule has 1 aliphatic heterocycles. The molecule has 1 fully saturated rings. The van der Waals surface area contributed by atoms with E-state index < -0.39 is 11.7 Å². The molecule has 0 amide bonds. The number of aromatic nitrogens is 3. The molecule has 27 heavy (non-hydrogen) atoms. The lowest BCUT2D eigenvalue weighted by molar-refractivity contribution is -0.137. The summed E-state index contributed by atoms with van der Waals surface area (Å²) in [6.45, 7) is 2.10. The first-order valence-electron chi connectivity index (χ1n) is 8.83. The molecule has 0 atom stereocenters. The van der Waals surface area contributed by atoms with Crippen LogP contribution in [0.1, 0.15) is 24.1 Å². The van der Waals surface area contributed by atoms with Crippen LogP contribution in [0.2, 0.25) is 0 Å². The highest BCUT2D eigenvalue weighted by molar-refractivity contribution is 5.77. The van der Waals surface area contributed by atoms with Crippen LogP contribution in [0.15, 0.2) is 42.7 Å². The fraction of sp³-hybridized carbons (Fsp3) is 0.368. The van der Waals surface area contributed by atoms with Gasteiger partial charge in [-0.1, -0.05) is 12.1 Å². The minimum Gasteiger partial charge on any atom is -0.381 e. The van der Waals surface area contributed by atoms with Gasteiger partial charge in [-0.05, 0) is 36.6 Å². The van der Waals surface area contributed by atoms with Crippen molar-refractivity contribution in [3.8, 4) is 11.1 Å². The van der Waals surface area contributed by atoms with Crippen molar-refractivity contribution in [2.75, 3.05) is 13.2 Å². The van der Waals surface area contributed by atoms with E-state index in [0.717, 1.165) is 43.9 Å². The van der Waals surface area contributed by atoms with E-state index in [4.69, 9.17) is 4.74 Å². The zero-order chi connectivity index (χ0) is 18.9. The second kappa shape index (κ2) is 7.28. The summed E-state index contributed by atoms with van der Waals surface area (Å²) in [5, 5.41) is 7.68. The molecule has 4 rings (SSSR count). The maximum atomic E-state index is 13.0. The summed E-state index contributed by atoms with van der Waals surface area (Å²) in [6, 6.07) is 7.49. The van der Waals surface area contributed by atoms with Crippen LogP contribution in [0.25, 0.3) is 16.8 Å². The van der Waals surface area contributed by atoms with Crippen LogP contribution in [0, 0.1) is 0 Å². The lowest BCUT2D eigenvalue weighted by Gasteiger charge is -2.23. The van der Waals surface area contributed by atoms with Crippen molar-refractivity contribution in [1.82, 2.24) is 19.9 Å². The van der Waals surface area contributed by atoms with Gasteiger partial charge in [-0.2, -0.15) is 18.3 Å². The van der Waals surface area contributed by atoms with E-state index in [1.807, 2.05) is 6.07 Å². The van der Waals surface area contributed by atoms with Crippen molar-refractivity contribution >= 4 is 5.65 Å². The van der Waals surface area contributed by atoms with Gasteiger partial charge in [0.25, 0.3) is 0 Å². The van der Waals surface area contributed by atoms with Gasteiger partial charge in [0, 0.05) is 37.6 Å². The first-order valence-corrected chi connectivity index (χ1v) is 8.83. The first-order chi connectivity index (χ1) is 13.0. The molecule has 0 radical (unpaired) electrons. The van der Waals surface area contributed by atoms with Crippen molar-refractivity contribution in [3.63, 3.8) is 0 Å². The van der Waals surface area contributed by atoms with Gasteiger partial charge < -0.3 is 10.1 Å². The third kappa shape index (κ3) is 3.96. The number of alkyl halides is 3. The second-order valence-electron chi connectivity index (χ2n) is 6.59. The van der Waals surface area contributed by atoms with Crippen LogP contribution in [0.4, 0.5) is 13.2 Å². The molecule has 1 aromatic carbocycles. The maximum absolute atomic E-state index is 13.0. The molecule has 0 spiro atoms. The number of fused-ring (bicyclic) bond motifs is 1. The molecule has 3 aromatic rings. The number of nitrogens with one attached hydrogen (secondary N) is 1. The zero-order valence-electron chi connectivity index (χ0n) is 14.5. The van der Waals surface area contributed by atoms with E-state index in [1.54, 1.807) is 23.0 Å². The molecule has 3 heterocycles. The Morgan fingerprint density at radius 3 is 2.78 bits per heavy atom. The van der Waals surface area contributed by atoms with Crippen LogP contribution >= 0.6 is 0 Å². The van der Waals surface area contributed by atoms with Crippen LogP contribution < -0.4 is 5.32 Å². The third-order valence-electron chi connectivity index (χ3n) is 4.72. The third-order valence-corrected chi connectivity index (χ3v) is 4.72. The second-order valence-corrected chi connectivity index (χ2v) is 6.59. The predicted molar refractivity (Wildman–Crippen MR) is 94.1 cm³/mol. The van der Waals surface area contributed by atoms with Gasteiger partial charge in [0.2, 0.25) is 0 Å². The van der Waals surface area contributed by atoms with Gasteiger partial charge in [0.05, 0.1) is 17.5 Å². The van der Waals surface area contributed by atoms with Gasteiger partial charge in [0.15, 0.2) is 5.65 Å². The smallest absolute Gasteiger partial charge is 0.381 e. The number of nitrogens with zero attached hydrogens (tertiary/aromatic N) is 3. The van der Waals surface area contributed by atoms with Crippen LogP contribution in [0.5, 0.6) is 0 Å². The molecular formula is C19H19F3N4O. The molecule has 2 aromatic heterocycles. The van der Waals surface area contributed by atoms with E-state index in [9.17, 15) is 13.2 Å². The molecule has 0 aliphatic carbocycles. The monoisotopic (exact) mass is 376 g/mol. The minimum absolute atomic E-state index is 0.393. The molecule has 1 saturated heterocycles. The quantitative estimate of drug-likeness (QED) is 0.755. The number of benzene rings is 1. The van der Waals surface area contributed by atoms with Gasteiger partial charge in [-0.3, -0.25) is 0 Å². The minimum atomic E-state index is -4.38. The summed E-state index contributed by atoms with van der Waals surface area (Å²) in [5.41, 5.74) is 1.70. The topological polar surface area (TPSA) is 51.5 Å². The fourth-order valence-electron chi connectivity index (χ4n) is 3.22. The average Bonchev–Trinajstić information content (AvgIpc) is 3.10. The van der Waals surface area contributed by atoms with Crippen molar-refractivity contribution in [3.05, 3.63) is 54.0 Å². The lowest BCUT2D eigenvalue weighted by Crippen LogP contribution is -2.34. The van der Waals surface area contributed by atoms with Crippen LogP contribution in [0.3, 0.4) is 0 Å². The number of rotatable bonds is 4. The lowest BCUT2D eigenvalue weighted by atomic mass is 10.1. The maximum Gasteiger partial charge on any atom is 0.416 e. The summed E-state index contributed by atoms with van der Waals surface area (Å²) in [6.07, 6.45) is 0.869. The van der Waals surface area contributed by atoms with E-state index in [2.05, 4.69) is 15.4 Å². The Kier molecular flexibility index (Phi) is 4.84.